The molecule has 2 unspecified atom stereocenters. The zero-order valence-corrected chi connectivity index (χ0v) is 12.0. The Hall–Kier alpha value is -1.09. The van der Waals surface area contributed by atoms with Crippen molar-refractivity contribution < 1.29 is 4.39 Å². The van der Waals surface area contributed by atoms with Gasteiger partial charge in [0.1, 0.15) is 5.82 Å². The lowest BCUT2D eigenvalue weighted by Crippen LogP contribution is -2.33. The van der Waals surface area contributed by atoms with Gasteiger partial charge in [-0.25, -0.2) is 4.39 Å². The molecule has 2 rings (SSSR count). The molecule has 1 aliphatic rings. The summed E-state index contributed by atoms with van der Waals surface area (Å²) in [6.07, 6.45) is 6.38. The van der Waals surface area contributed by atoms with Gasteiger partial charge in [-0.1, -0.05) is 12.8 Å². The summed E-state index contributed by atoms with van der Waals surface area (Å²) in [5.74, 6) is -0.166. The fourth-order valence-electron chi connectivity index (χ4n) is 2.84. The van der Waals surface area contributed by atoms with E-state index in [9.17, 15) is 4.39 Å². The van der Waals surface area contributed by atoms with Crippen LogP contribution in [0.2, 0.25) is 0 Å². The number of hydrogen-bond acceptors (Lipinski definition) is 2. The van der Waals surface area contributed by atoms with E-state index in [4.69, 9.17) is 0 Å². The Morgan fingerprint density at radius 1 is 1.37 bits per heavy atom. The third-order valence-electron chi connectivity index (χ3n) is 3.89. The number of halogens is 1. The Balaban J connectivity index is 1.87. The van der Waals surface area contributed by atoms with Gasteiger partial charge in [0.05, 0.1) is 0 Å². The summed E-state index contributed by atoms with van der Waals surface area (Å²) in [5, 5.41) is 7.12. The second kappa shape index (κ2) is 6.90. The van der Waals surface area contributed by atoms with E-state index in [-0.39, 0.29) is 5.82 Å². The fraction of sp³-hybridized carbons (Fsp3) is 0.625. The topological polar surface area (TPSA) is 24.1 Å². The van der Waals surface area contributed by atoms with Crippen molar-refractivity contribution in [2.75, 3.05) is 11.9 Å². The van der Waals surface area contributed by atoms with Gasteiger partial charge in [-0.2, -0.15) is 0 Å². The van der Waals surface area contributed by atoms with Crippen LogP contribution in [0.5, 0.6) is 0 Å². The largest absolute Gasteiger partial charge is 0.382 e. The molecule has 0 aliphatic carbocycles. The maximum absolute atomic E-state index is 13.1. The van der Waals surface area contributed by atoms with Gasteiger partial charge in [-0.05, 0) is 63.4 Å². The second-order valence-electron chi connectivity index (χ2n) is 5.74. The van der Waals surface area contributed by atoms with E-state index in [0.717, 1.165) is 24.2 Å². The summed E-state index contributed by atoms with van der Waals surface area (Å²) < 4.78 is 13.1. The molecule has 3 heteroatoms. The minimum Gasteiger partial charge on any atom is -0.382 e. The van der Waals surface area contributed by atoms with Crippen LogP contribution in [-0.2, 0) is 0 Å². The van der Waals surface area contributed by atoms with Crippen LogP contribution in [0.1, 0.15) is 44.6 Å². The molecule has 19 heavy (non-hydrogen) atoms. The van der Waals surface area contributed by atoms with Crippen LogP contribution in [0.15, 0.2) is 18.2 Å². The van der Waals surface area contributed by atoms with Crippen LogP contribution in [0, 0.1) is 12.7 Å². The molecule has 0 radical (unpaired) electrons. The molecule has 0 aromatic heterocycles. The van der Waals surface area contributed by atoms with Gasteiger partial charge >= 0.3 is 0 Å². The lowest BCUT2D eigenvalue weighted by molar-refractivity contribution is 0.456. The Labute approximate surface area is 115 Å². The lowest BCUT2D eigenvalue weighted by Gasteiger charge is -2.23. The number of hydrogen-bond donors (Lipinski definition) is 2. The minimum atomic E-state index is -0.166. The SMILES string of the molecule is Cc1cc(F)ccc1NC(C)CC1CCCCCN1. The molecule has 2 nitrogen and oxygen atoms in total. The zero-order chi connectivity index (χ0) is 13.7. The Bertz CT molecular complexity index is 398. The van der Waals surface area contributed by atoms with E-state index in [1.165, 1.54) is 31.7 Å². The van der Waals surface area contributed by atoms with Gasteiger partial charge < -0.3 is 10.6 Å². The number of aryl methyl sites for hydroxylation is 1. The summed E-state index contributed by atoms with van der Waals surface area (Å²) in [6.45, 7) is 5.30. The van der Waals surface area contributed by atoms with E-state index < -0.39 is 0 Å². The predicted molar refractivity (Wildman–Crippen MR) is 79.1 cm³/mol. The van der Waals surface area contributed by atoms with Crippen LogP contribution in [0.3, 0.4) is 0 Å². The standard InChI is InChI=1S/C16H25FN2/c1-12-10-14(17)7-8-16(12)19-13(2)11-15-6-4-3-5-9-18-15/h7-8,10,13,15,18-19H,3-6,9,11H2,1-2H3. The monoisotopic (exact) mass is 264 g/mol. The van der Waals surface area contributed by atoms with Crippen molar-refractivity contribution >= 4 is 5.69 Å². The maximum Gasteiger partial charge on any atom is 0.123 e. The van der Waals surface area contributed by atoms with E-state index in [2.05, 4.69) is 17.6 Å². The first-order valence-electron chi connectivity index (χ1n) is 7.41. The van der Waals surface area contributed by atoms with Crippen molar-refractivity contribution in [2.24, 2.45) is 0 Å². The molecule has 1 fully saturated rings. The number of anilines is 1. The van der Waals surface area contributed by atoms with Crippen molar-refractivity contribution in [3.63, 3.8) is 0 Å². The highest BCUT2D eigenvalue weighted by atomic mass is 19.1. The number of benzene rings is 1. The van der Waals surface area contributed by atoms with Gasteiger partial charge in [0, 0.05) is 17.8 Å². The smallest absolute Gasteiger partial charge is 0.123 e. The number of rotatable bonds is 4. The Morgan fingerprint density at radius 2 is 2.21 bits per heavy atom. The highest BCUT2D eigenvalue weighted by molar-refractivity contribution is 5.51. The summed E-state index contributed by atoms with van der Waals surface area (Å²) in [6, 6.07) is 5.96. The molecule has 2 atom stereocenters. The van der Waals surface area contributed by atoms with Crippen LogP contribution in [0.4, 0.5) is 10.1 Å². The van der Waals surface area contributed by atoms with Crippen LogP contribution < -0.4 is 10.6 Å². The Kier molecular flexibility index (Phi) is 5.20. The van der Waals surface area contributed by atoms with Crippen molar-refractivity contribution in [3.05, 3.63) is 29.6 Å². The molecule has 1 aromatic rings. The van der Waals surface area contributed by atoms with Gasteiger partial charge in [-0.15, -0.1) is 0 Å². The molecule has 1 saturated heterocycles. The van der Waals surface area contributed by atoms with Crippen molar-refractivity contribution in [2.45, 2.75) is 58.0 Å². The van der Waals surface area contributed by atoms with E-state index in [1.54, 1.807) is 6.07 Å². The van der Waals surface area contributed by atoms with Crippen molar-refractivity contribution in [1.29, 1.82) is 0 Å². The third kappa shape index (κ3) is 4.50. The van der Waals surface area contributed by atoms with E-state index in [1.807, 2.05) is 13.0 Å². The Morgan fingerprint density at radius 3 is 3.00 bits per heavy atom. The molecular formula is C16H25FN2. The highest BCUT2D eigenvalue weighted by Gasteiger charge is 2.15. The van der Waals surface area contributed by atoms with Crippen LogP contribution in [-0.4, -0.2) is 18.6 Å². The molecule has 1 aromatic carbocycles. The van der Waals surface area contributed by atoms with Gasteiger partial charge in [0.2, 0.25) is 0 Å². The molecule has 0 amide bonds. The maximum atomic E-state index is 13.1. The summed E-state index contributed by atoms with van der Waals surface area (Å²) >= 11 is 0. The first-order chi connectivity index (χ1) is 9.15. The molecule has 106 valence electrons. The fourth-order valence-corrected chi connectivity index (χ4v) is 2.84. The molecule has 2 N–H and O–H groups in total. The molecule has 0 spiro atoms. The van der Waals surface area contributed by atoms with Crippen LogP contribution >= 0.6 is 0 Å². The van der Waals surface area contributed by atoms with Crippen molar-refractivity contribution in [3.8, 4) is 0 Å². The van der Waals surface area contributed by atoms with Crippen LogP contribution in [0.25, 0.3) is 0 Å². The first kappa shape index (κ1) is 14.3. The summed E-state index contributed by atoms with van der Waals surface area (Å²) in [4.78, 5) is 0. The average Bonchev–Trinajstić information content (AvgIpc) is 2.61. The normalized spacial score (nSPS) is 21.7. The second-order valence-corrected chi connectivity index (χ2v) is 5.74. The molecule has 1 heterocycles. The minimum absolute atomic E-state index is 0.166. The summed E-state index contributed by atoms with van der Waals surface area (Å²) in [5.41, 5.74) is 2.02. The van der Waals surface area contributed by atoms with Gasteiger partial charge in [0.25, 0.3) is 0 Å². The highest BCUT2D eigenvalue weighted by Crippen LogP contribution is 2.19. The zero-order valence-electron chi connectivity index (χ0n) is 12.0. The first-order valence-corrected chi connectivity index (χ1v) is 7.41. The van der Waals surface area contributed by atoms with Crippen molar-refractivity contribution in [1.82, 2.24) is 5.32 Å². The molecule has 1 aliphatic heterocycles. The molecule has 0 bridgehead atoms. The molecular weight excluding hydrogens is 239 g/mol. The third-order valence-corrected chi connectivity index (χ3v) is 3.89. The van der Waals surface area contributed by atoms with E-state index in [0.29, 0.717) is 12.1 Å². The summed E-state index contributed by atoms with van der Waals surface area (Å²) in [7, 11) is 0. The number of nitrogens with one attached hydrogen (secondary N) is 2. The lowest BCUT2D eigenvalue weighted by atomic mass is 10.0. The average molecular weight is 264 g/mol. The quantitative estimate of drug-likeness (QED) is 0.863. The van der Waals surface area contributed by atoms with Gasteiger partial charge in [-0.3, -0.25) is 0 Å². The van der Waals surface area contributed by atoms with E-state index >= 15 is 0 Å². The van der Waals surface area contributed by atoms with Gasteiger partial charge in [0.15, 0.2) is 0 Å². The molecule has 0 saturated carbocycles. The predicted octanol–water partition coefficient (Wildman–Crippen LogP) is 3.86.